The molecule has 1 N–H and O–H groups in total. The first-order valence-electron chi connectivity index (χ1n) is 5.43. The molecule has 90 valence electrons. The average molecular weight is 241 g/mol. The van der Waals surface area contributed by atoms with Crippen molar-refractivity contribution in [1.82, 2.24) is 4.90 Å². The van der Waals surface area contributed by atoms with Crippen LogP contribution in [-0.2, 0) is 4.79 Å². The van der Waals surface area contributed by atoms with Gasteiger partial charge in [-0.25, -0.2) is 0 Å². The fraction of sp³-hybridized carbons (Fsp3) is 0.583. The number of hydrogen-bond donors (Lipinski definition) is 1. The van der Waals surface area contributed by atoms with Gasteiger partial charge in [-0.3, -0.25) is 9.69 Å². The summed E-state index contributed by atoms with van der Waals surface area (Å²) in [4.78, 5) is 14.2. The number of rotatable bonds is 5. The second-order valence-electron chi connectivity index (χ2n) is 4.38. The second kappa shape index (κ2) is 5.46. The van der Waals surface area contributed by atoms with Crippen molar-refractivity contribution in [3.63, 3.8) is 0 Å². The van der Waals surface area contributed by atoms with Crippen molar-refractivity contribution in [3.8, 4) is 0 Å². The number of aliphatic carboxylic acids is 1. The SMILES string of the molecule is CC(C)C(c1cccs1)N(C)C(C)C(=O)O. The molecule has 1 heterocycles. The quantitative estimate of drug-likeness (QED) is 0.861. The third-order valence-corrected chi connectivity index (χ3v) is 3.82. The maximum Gasteiger partial charge on any atom is 0.320 e. The Kier molecular flexibility index (Phi) is 4.50. The Morgan fingerprint density at radius 2 is 2.06 bits per heavy atom. The zero-order valence-corrected chi connectivity index (χ0v) is 11.0. The molecule has 0 radical (unpaired) electrons. The molecule has 3 nitrogen and oxygen atoms in total. The molecule has 0 spiro atoms. The van der Waals surface area contributed by atoms with Crippen LogP contribution in [-0.4, -0.2) is 29.1 Å². The maximum absolute atomic E-state index is 11.0. The number of carboxylic acid groups (broad SMARTS) is 1. The topological polar surface area (TPSA) is 40.5 Å². The molecule has 0 saturated heterocycles. The van der Waals surface area contributed by atoms with E-state index in [4.69, 9.17) is 5.11 Å². The maximum atomic E-state index is 11.0. The Morgan fingerprint density at radius 3 is 2.44 bits per heavy atom. The van der Waals surface area contributed by atoms with Gasteiger partial charge in [0, 0.05) is 10.9 Å². The Bertz CT molecular complexity index is 335. The van der Waals surface area contributed by atoms with Crippen LogP contribution in [0.15, 0.2) is 17.5 Å². The van der Waals surface area contributed by atoms with Crippen LogP contribution in [0.1, 0.15) is 31.7 Å². The Morgan fingerprint density at radius 1 is 1.44 bits per heavy atom. The number of carbonyl (C=O) groups is 1. The van der Waals surface area contributed by atoms with E-state index in [0.29, 0.717) is 5.92 Å². The Labute approximate surface area is 101 Å². The minimum atomic E-state index is -0.773. The lowest BCUT2D eigenvalue weighted by Gasteiger charge is -2.33. The van der Waals surface area contributed by atoms with Gasteiger partial charge in [0.1, 0.15) is 6.04 Å². The predicted octanol–water partition coefficient (Wildman–Crippen LogP) is 2.85. The monoisotopic (exact) mass is 241 g/mol. The molecule has 0 aliphatic carbocycles. The van der Waals surface area contributed by atoms with Crippen LogP contribution in [0.3, 0.4) is 0 Å². The lowest BCUT2D eigenvalue weighted by atomic mass is 10.00. The molecule has 4 heteroatoms. The van der Waals surface area contributed by atoms with E-state index in [1.165, 1.54) is 4.88 Å². The van der Waals surface area contributed by atoms with Crippen molar-refractivity contribution in [2.24, 2.45) is 5.92 Å². The lowest BCUT2D eigenvalue weighted by Crippen LogP contribution is -2.40. The molecular weight excluding hydrogens is 222 g/mol. The molecule has 0 saturated carbocycles. The van der Waals surface area contributed by atoms with Gasteiger partial charge >= 0.3 is 5.97 Å². The van der Waals surface area contributed by atoms with Crippen LogP contribution >= 0.6 is 11.3 Å². The zero-order valence-electron chi connectivity index (χ0n) is 10.2. The van der Waals surface area contributed by atoms with Crippen molar-refractivity contribution in [3.05, 3.63) is 22.4 Å². The highest BCUT2D eigenvalue weighted by Crippen LogP contribution is 2.31. The van der Waals surface area contributed by atoms with E-state index in [1.807, 2.05) is 23.4 Å². The lowest BCUT2D eigenvalue weighted by molar-refractivity contribution is -0.143. The molecular formula is C12H19NO2S. The van der Waals surface area contributed by atoms with Crippen LogP contribution in [0.4, 0.5) is 0 Å². The van der Waals surface area contributed by atoms with Gasteiger partial charge in [-0.2, -0.15) is 0 Å². The molecule has 2 atom stereocenters. The molecule has 1 aromatic rings. The van der Waals surface area contributed by atoms with Gasteiger partial charge in [0.05, 0.1) is 0 Å². The normalized spacial score (nSPS) is 15.4. The summed E-state index contributed by atoms with van der Waals surface area (Å²) in [5.74, 6) is -0.379. The number of carboxylic acids is 1. The molecule has 0 fully saturated rings. The standard InChI is InChI=1S/C12H19NO2S/c1-8(2)11(10-6-5-7-16-10)13(4)9(3)12(14)15/h5-9,11H,1-4H3,(H,14,15). The molecule has 16 heavy (non-hydrogen) atoms. The Balaban J connectivity index is 2.91. The van der Waals surface area contributed by atoms with E-state index in [0.717, 1.165) is 0 Å². The van der Waals surface area contributed by atoms with Crippen molar-refractivity contribution < 1.29 is 9.90 Å². The first-order valence-corrected chi connectivity index (χ1v) is 6.31. The number of hydrogen-bond acceptors (Lipinski definition) is 3. The van der Waals surface area contributed by atoms with Gasteiger partial charge in [0.2, 0.25) is 0 Å². The van der Waals surface area contributed by atoms with Crippen LogP contribution in [0.2, 0.25) is 0 Å². The van der Waals surface area contributed by atoms with Crippen molar-refractivity contribution in [2.75, 3.05) is 7.05 Å². The highest BCUT2D eigenvalue weighted by Gasteiger charge is 2.28. The first kappa shape index (κ1) is 13.2. The minimum absolute atomic E-state index is 0.172. The highest BCUT2D eigenvalue weighted by atomic mass is 32.1. The second-order valence-corrected chi connectivity index (χ2v) is 5.36. The zero-order chi connectivity index (χ0) is 12.3. The van der Waals surface area contributed by atoms with E-state index in [2.05, 4.69) is 19.9 Å². The Hall–Kier alpha value is -0.870. The van der Waals surface area contributed by atoms with E-state index in [9.17, 15) is 4.79 Å². The summed E-state index contributed by atoms with van der Waals surface area (Å²) in [7, 11) is 1.88. The van der Waals surface area contributed by atoms with Crippen LogP contribution in [0.25, 0.3) is 0 Å². The van der Waals surface area contributed by atoms with Gasteiger partial charge in [0.15, 0.2) is 0 Å². The third-order valence-electron chi connectivity index (χ3n) is 2.87. The molecule has 1 aromatic heterocycles. The third kappa shape index (κ3) is 2.83. The van der Waals surface area contributed by atoms with Gasteiger partial charge in [-0.1, -0.05) is 19.9 Å². The van der Waals surface area contributed by atoms with Gasteiger partial charge in [-0.05, 0) is 31.3 Å². The van der Waals surface area contributed by atoms with E-state index < -0.39 is 12.0 Å². The van der Waals surface area contributed by atoms with E-state index in [-0.39, 0.29) is 6.04 Å². The van der Waals surface area contributed by atoms with Gasteiger partial charge in [-0.15, -0.1) is 11.3 Å². The van der Waals surface area contributed by atoms with E-state index in [1.54, 1.807) is 18.3 Å². The molecule has 0 aliphatic rings. The minimum Gasteiger partial charge on any atom is -0.480 e. The van der Waals surface area contributed by atoms with E-state index >= 15 is 0 Å². The van der Waals surface area contributed by atoms with Crippen LogP contribution in [0, 0.1) is 5.92 Å². The fourth-order valence-electron chi connectivity index (χ4n) is 1.87. The van der Waals surface area contributed by atoms with Crippen molar-refractivity contribution >= 4 is 17.3 Å². The summed E-state index contributed by atoms with van der Waals surface area (Å²) in [5, 5.41) is 11.1. The van der Waals surface area contributed by atoms with Crippen LogP contribution in [0.5, 0.6) is 0 Å². The number of likely N-dealkylation sites (N-methyl/N-ethyl adjacent to an activating group) is 1. The molecule has 0 amide bonds. The molecule has 0 aromatic carbocycles. The fourth-order valence-corrected chi connectivity index (χ4v) is 2.92. The van der Waals surface area contributed by atoms with Crippen molar-refractivity contribution in [2.45, 2.75) is 32.9 Å². The van der Waals surface area contributed by atoms with Crippen molar-refractivity contribution in [1.29, 1.82) is 0 Å². The summed E-state index contributed by atoms with van der Waals surface area (Å²) in [6, 6.07) is 3.79. The largest absolute Gasteiger partial charge is 0.480 e. The molecule has 2 unspecified atom stereocenters. The average Bonchev–Trinajstić information content (AvgIpc) is 2.69. The summed E-state index contributed by atoms with van der Waals surface area (Å²) in [5.41, 5.74) is 0. The smallest absolute Gasteiger partial charge is 0.320 e. The summed E-state index contributed by atoms with van der Waals surface area (Å²) in [6.45, 7) is 5.97. The summed E-state index contributed by atoms with van der Waals surface area (Å²) in [6.07, 6.45) is 0. The molecule has 0 aliphatic heterocycles. The predicted molar refractivity (Wildman–Crippen MR) is 66.8 cm³/mol. The number of nitrogens with zero attached hydrogens (tertiary/aromatic N) is 1. The summed E-state index contributed by atoms with van der Waals surface area (Å²) >= 11 is 1.68. The number of thiophene rings is 1. The van der Waals surface area contributed by atoms with Gasteiger partial charge in [0.25, 0.3) is 0 Å². The molecule has 1 rings (SSSR count). The van der Waals surface area contributed by atoms with Gasteiger partial charge < -0.3 is 5.11 Å². The highest BCUT2D eigenvalue weighted by molar-refractivity contribution is 7.10. The van der Waals surface area contributed by atoms with Crippen LogP contribution < -0.4 is 0 Å². The summed E-state index contributed by atoms with van der Waals surface area (Å²) < 4.78 is 0. The molecule has 0 bridgehead atoms. The first-order chi connectivity index (χ1) is 7.45.